The summed E-state index contributed by atoms with van der Waals surface area (Å²) in [5, 5.41) is 0. The first-order valence-corrected chi connectivity index (χ1v) is 7.15. The zero-order chi connectivity index (χ0) is 13.6. The molecule has 2 aliphatic carbocycles. The lowest BCUT2D eigenvalue weighted by Crippen LogP contribution is -2.34. The van der Waals surface area contributed by atoms with E-state index in [0.717, 1.165) is 17.9 Å². The standard InChI is InChI=1S/C11H20O.C4H9NO/c1-12-9-10-3-7-11(8-4-10)5-2-6-11;1-4(2,5)3-6/h10H,2-9H2,1H3;3H,5H2,1-2H3. The van der Waals surface area contributed by atoms with Crippen molar-refractivity contribution in [3.8, 4) is 0 Å². The first-order chi connectivity index (χ1) is 8.41. The van der Waals surface area contributed by atoms with Crippen LogP contribution in [0.5, 0.6) is 0 Å². The molecule has 0 aromatic rings. The van der Waals surface area contributed by atoms with E-state index >= 15 is 0 Å². The molecule has 0 aromatic heterocycles. The molecule has 2 saturated carbocycles. The van der Waals surface area contributed by atoms with Crippen LogP contribution < -0.4 is 5.73 Å². The van der Waals surface area contributed by atoms with Crippen molar-refractivity contribution in [1.29, 1.82) is 0 Å². The van der Waals surface area contributed by atoms with Gasteiger partial charge in [-0.25, -0.2) is 0 Å². The number of hydrogen-bond acceptors (Lipinski definition) is 3. The molecule has 0 bridgehead atoms. The minimum atomic E-state index is -0.639. The van der Waals surface area contributed by atoms with Crippen LogP contribution in [0.3, 0.4) is 0 Å². The van der Waals surface area contributed by atoms with Gasteiger partial charge in [0.25, 0.3) is 0 Å². The van der Waals surface area contributed by atoms with Gasteiger partial charge in [0.15, 0.2) is 0 Å². The smallest absolute Gasteiger partial charge is 0.139 e. The van der Waals surface area contributed by atoms with Crippen LogP contribution in [0.4, 0.5) is 0 Å². The quantitative estimate of drug-likeness (QED) is 0.789. The first kappa shape index (κ1) is 15.6. The molecule has 3 nitrogen and oxygen atoms in total. The molecule has 0 radical (unpaired) electrons. The molecule has 0 amide bonds. The Morgan fingerprint density at radius 2 is 1.78 bits per heavy atom. The highest BCUT2D eigenvalue weighted by Crippen LogP contribution is 2.52. The van der Waals surface area contributed by atoms with Gasteiger partial charge in [-0.1, -0.05) is 6.42 Å². The van der Waals surface area contributed by atoms with Crippen LogP contribution in [0.1, 0.15) is 58.8 Å². The average molecular weight is 255 g/mol. The summed E-state index contributed by atoms with van der Waals surface area (Å²) in [4.78, 5) is 9.70. The number of ether oxygens (including phenoxy) is 1. The largest absolute Gasteiger partial charge is 0.384 e. The van der Waals surface area contributed by atoms with Crippen molar-refractivity contribution in [2.45, 2.75) is 64.3 Å². The number of rotatable bonds is 3. The van der Waals surface area contributed by atoms with Crippen LogP contribution in [-0.4, -0.2) is 25.5 Å². The molecule has 2 fully saturated rings. The second-order valence-corrected chi connectivity index (χ2v) is 6.69. The summed E-state index contributed by atoms with van der Waals surface area (Å²) in [5.74, 6) is 0.876. The molecule has 0 aliphatic heterocycles. The SMILES string of the molecule is CC(C)(N)C=O.COCC1CCC2(CCC2)CC1. The zero-order valence-electron chi connectivity index (χ0n) is 12.2. The molecule has 0 unspecified atom stereocenters. The normalized spacial score (nSPS) is 22.9. The molecule has 2 N–H and O–H groups in total. The number of hydrogen-bond donors (Lipinski definition) is 1. The van der Waals surface area contributed by atoms with Gasteiger partial charge in [0.05, 0.1) is 5.54 Å². The monoisotopic (exact) mass is 255 g/mol. The molecule has 0 heterocycles. The molecule has 106 valence electrons. The minimum Gasteiger partial charge on any atom is -0.384 e. The maximum absolute atomic E-state index is 9.70. The van der Waals surface area contributed by atoms with Gasteiger partial charge >= 0.3 is 0 Å². The topological polar surface area (TPSA) is 52.3 Å². The van der Waals surface area contributed by atoms with Crippen LogP contribution in [0.15, 0.2) is 0 Å². The van der Waals surface area contributed by atoms with Gasteiger partial charge in [-0.05, 0) is 63.7 Å². The summed E-state index contributed by atoms with van der Waals surface area (Å²) < 4.78 is 5.20. The Morgan fingerprint density at radius 1 is 1.28 bits per heavy atom. The lowest BCUT2D eigenvalue weighted by Gasteiger charge is -2.47. The van der Waals surface area contributed by atoms with E-state index < -0.39 is 5.54 Å². The number of carbonyl (C=O) groups excluding carboxylic acids is 1. The minimum absolute atomic E-state index is 0.639. The highest BCUT2D eigenvalue weighted by atomic mass is 16.5. The Hall–Kier alpha value is -0.410. The predicted octanol–water partition coefficient (Wildman–Crippen LogP) is 2.92. The third-order valence-corrected chi connectivity index (χ3v) is 4.29. The van der Waals surface area contributed by atoms with E-state index in [-0.39, 0.29) is 0 Å². The first-order valence-electron chi connectivity index (χ1n) is 7.15. The number of carbonyl (C=O) groups is 1. The number of aldehydes is 1. The third kappa shape index (κ3) is 5.07. The van der Waals surface area contributed by atoms with Gasteiger partial charge in [0, 0.05) is 13.7 Å². The van der Waals surface area contributed by atoms with E-state index in [2.05, 4.69) is 0 Å². The molecule has 2 aliphatic rings. The van der Waals surface area contributed by atoms with Gasteiger partial charge in [-0.2, -0.15) is 0 Å². The summed E-state index contributed by atoms with van der Waals surface area (Å²) >= 11 is 0. The predicted molar refractivity (Wildman–Crippen MR) is 74.4 cm³/mol. The van der Waals surface area contributed by atoms with Crippen molar-refractivity contribution in [1.82, 2.24) is 0 Å². The molecule has 3 heteroatoms. The fraction of sp³-hybridized carbons (Fsp3) is 0.933. The Bertz CT molecular complexity index is 244. The van der Waals surface area contributed by atoms with Crippen LogP contribution in [0, 0.1) is 11.3 Å². The van der Waals surface area contributed by atoms with E-state index in [9.17, 15) is 4.79 Å². The van der Waals surface area contributed by atoms with Crippen LogP contribution >= 0.6 is 0 Å². The molecule has 18 heavy (non-hydrogen) atoms. The maximum Gasteiger partial charge on any atom is 0.139 e. The van der Waals surface area contributed by atoms with E-state index in [1.807, 2.05) is 7.11 Å². The highest BCUT2D eigenvalue weighted by Gasteiger charge is 2.39. The highest BCUT2D eigenvalue weighted by molar-refractivity contribution is 5.61. The van der Waals surface area contributed by atoms with Gasteiger partial charge in [-0.15, -0.1) is 0 Å². The van der Waals surface area contributed by atoms with Crippen LogP contribution in [0.25, 0.3) is 0 Å². The molecular weight excluding hydrogens is 226 g/mol. The van der Waals surface area contributed by atoms with Gasteiger partial charge < -0.3 is 15.3 Å². The van der Waals surface area contributed by atoms with Gasteiger partial charge in [0.2, 0.25) is 0 Å². The van der Waals surface area contributed by atoms with Gasteiger partial charge in [-0.3, -0.25) is 0 Å². The summed E-state index contributed by atoms with van der Waals surface area (Å²) in [6.45, 7) is 4.30. The number of nitrogens with two attached hydrogens (primary N) is 1. The number of methoxy groups -OCH3 is 1. The Kier molecular flexibility index (Phi) is 5.80. The zero-order valence-corrected chi connectivity index (χ0v) is 12.2. The van der Waals surface area contributed by atoms with E-state index in [1.165, 1.54) is 44.9 Å². The molecule has 0 saturated heterocycles. The lowest BCUT2D eigenvalue weighted by molar-refractivity contribution is -0.111. The third-order valence-electron chi connectivity index (χ3n) is 4.29. The van der Waals surface area contributed by atoms with Crippen LogP contribution in [0.2, 0.25) is 0 Å². The Balaban J connectivity index is 0.000000232. The summed E-state index contributed by atoms with van der Waals surface area (Å²) in [7, 11) is 1.83. The summed E-state index contributed by atoms with van der Waals surface area (Å²) in [6, 6.07) is 0. The average Bonchev–Trinajstić information content (AvgIpc) is 2.28. The van der Waals surface area contributed by atoms with Crippen molar-refractivity contribution in [3.05, 3.63) is 0 Å². The summed E-state index contributed by atoms with van der Waals surface area (Å²) in [6.07, 6.45) is 11.1. The summed E-state index contributed by atoms with van der Waals surface area (Å²) in [5.41, 5.74) is 5.35. The Morgan fingerprint density at radius 3 is 2.06 bits per heavy atom. The second kappa shape index (κ2) is 6.67. The van der Waals surface area contributed by atoms with Crippen molar-refractivity contribution >= 4 is 6.29 Å². The molecule has 1 spiro atoms. The van der Waals surface area contributed by atoms with Gasteiger partial charge in [0.1, 0.15) is 6.29 Å². The fourth-order valence-electron chi connectivity index (χ4n) is 2.87. The van der Waals surface area contributed by atoms with Crippen molar-refractivity contribution in [3.63, 3.8) is 0 Å². The maximum atomic E-state index is 9.70. The second-order valence-electron chi connectivity index (χ2n) is 6.69. The fourth-order valence-corrected chi connectivity index (χ4v) is 2.87. The van der Waals surface area contributed by atoms with Crippen LogP contribution in [-0.2, 0) is 9.53 Å². The Labute approximate surface area is 111 Å². The molecule has 0 aromatic carbocycles. The lowest BCUT2D eigenvalue weighted by atomic mass is 9.59. The molecule has 2 rings (SSSR count). The van der Waals surface area contributed by atoms with E-state index in [1.54, 1.807) is 13.8 Å². The molecular formula is C15H29NO2. The van der Waals surface area contributed by atoms with Crippen molar-refractivity contribution in [2.75, 3.05) is 13.7 Å². The van der Waals surface area contributed by atoms with Crippen molar-refractivity contribution < 1.29 is 9.53 Å². The van der Waals surface area contributed by atoms with E-state index in [4.69, 9.17) is 10.5 Å². The van der Waals surface area contributed by atoms with E-state index in [0.29, 0.717) is 6.29 Å². The van der Waals surface area contributed by atoms with Crippen molar-refractivity contribution in [2.24, 2.45) is 17.1 Å². The molecule has 0 atom stereocenters.